The first-order valence-corrected chi connectivity index (χ1v) is 9.15. The summed E-state index contributed by atoms with van der Waals surface area (Å²) in [7, 11) is 0. The molecule has 0 saturated heterocycles. The normalized spacial score (nSPS) is 11.0. The number of benzene rings is 2. The summed E-state index contributed by atoms with van der Waals surface area (Å²) < 4.78 is 19.1. The number of carbonyl (C=O) groups excluding carboxylic acids is 1. The van der Waals surface area contributed by atoms with Gasteiger partial charge in [-0.1, -0.05) is 18.2 Å². The second-order valence-corrected chi connectivity index (χ2v) is 6.04. The van der Waals surface area contributed by atoms with Crippen LogP contribution < -0.4 is 15.4 Å². The van der Waals surface area contributed by atoms with Gasteiger partial charge in [-0.25, -0.2) is 9.38 Å². The van der Waals surface area contributed by atoms with Crippen LogP contribution in [0.3, 0.4) is 0 Å². The smallest absolute Gasteiger partial charge is 0.258 e. The fraction of sp³-hybridized carbons (Fsp3) is 0.136. The van der Waals surface area contributed by atoms with Crippen LogP contribution in [0.5, 0.6) is 5.75 Å². The molecule has 6 nitrogen and oxygen atoms in total. The van der Waals surface area contributed by atoms with Crippen molar-refractivity contribution in [3.63, 3.8) is 0 Å². The SMILES string of the molecule is CCOc1ccccc1NC(=NCc1ccncc1)NC(=O)c1cccc(F)c1. The standard InChI is InChI=1S/C22H21FN4O2/c1-2-29-20-9-4-3-8-19(20)26-22(25-15-16-10-12-24-13-11-16)27-21(28)17-6-5-7-18(23)14-17/h3-14H,2,15H2,1H3,(H2,25,26,27,28). The fourth-order valence-electron chi connectivity index (χ4n) is 2.56. The van der Waals surface area contributed by atoms with Crippen molar-refractivity contribution in [2.24, 2.45) is 4.99 Å². The number of hydrogen-bond donors (Lipinski definition) is 2. The van der Waals surface area contributed by atoms with E-state index in [0.29, 0.717) is 24.6 Å². The lowest BCUT2D eigenvalue weighted by atomic mass is 10.2. The molecule has 0 aliphatic carbocycles. The van der Waals surface area contributed by atoms with Crippen LogP contribution in [0, 0.1) is 5.82 Å². The summed E-state index contributed by atoms with van der Waals surface area (Å²) in [5, 5.41) is 5.81. The molecule has 1 amide bonds. The molecular formula is C22H21FN4O2. The number of halogens is 1. The maximum Gasteiger partial charge on any atom is 0.258 e. The van der Waals surface area contributed by atoms with Crippen LogP contribution in [-0.2, 0) is 6.54 Å². The zero-order chi connectivity index (χ0) is 20.5. The Hall–Kier alpha value is -3.74. The minimum atomic E-state index is -0.484. The quantitative estimate of drug-likeness (QED) is 0.491. The average Bonchev–Trinajstić information content (AvgIpc) is 2.74. The Bertz CT molecular complexity index is 993. The van der Waals surface area contributed by atoms with Gasteiger partial charge in [-0.3, -0.25) is 15.1 Å². The van der Waals surface area contributed by atoms with Gasteiger partial charge in [0.25, 0.3) is 5.91 Å². The summed E-state index contributed by atoms with van der Waals surface area (Å²) in [5.41, 5.74) is 1.78. The molecular weight excluding hydrogens is 371 g/mol. The van der Waals surface area contributed by atoms with E-state index in [1.807, 2.05) is 43.3 Å². The molecule has 0 unspecified atom stereocenters. The highest BCUT2D eigenvalue weighted by molar-refractivity contribution is 6.10. The summed E-state index contributed by atoms with van der Waals surface area (Å²) in [6, 6.07) is 16.5. The minimum Gasteiger partial charge on any atom is -0.492 e. The Morgan fingerprint density at radius 3 is 2.66 bits per heavy atom. The Labute approximate surface area is 168 Å². The lowest BCUT2D eigenvalue weighted by Crippen LogP contribution is -2.36. The number of aliphatic imine (C=N–C) groups is 1. The van der Waals surface area contributed by atoms with E-state index in [-0.39, 0.29) is 11.5 Å². The summed E-state index contributed by atoms with van der Waals surface area (Å²) >= 11 is 0. The van der Waals surface area contributed by atoms with Gasteiger partial charge in [0.2, 0.25) is 5.96 Å². The number of para-hydroxylation sites is 2. The number of pyridine rings is 1. The number of ether oxygens (including phenoxy) is 1. The van der Waals surface area contributed by atoms with E-state index < -0.39 is 11.7 Å². The lowest BCUT2D eigenvalue weighted by molar-refractivity contribution is 0.0976. The Kier molecular flexibility index (Phi) is 6.89. The zero-order valence-corrected chi connectivity index (χ0v) is 15.9. The van der Waals surface area contributed by atoms with E-state index in [1.54, 1.807) is 12.4 Å². The molecule has 0 radical (unpaired) electrons. The van der Waals surface area contributed by atoms with Crippen molar-refractivity contribution >= 4 is 17.6 Å². The molecule has 0 saturated carbocycles. The number of hydrogen-bond acceptors (Lipinski definition) is 4. The van der Waals surface area contributed by atoms with Crippen molar-refractivity contribution in [1.82, 2.24) is 10.3 Å². The van der Waals surface area contributed by atoms with Gasteiger partial charge < -0.3 is 10.1 Å². The molecule has 2 N–H and O–H groups in total. The van der Waals surface area contributed by atoms with Crippen molar-refractivity contribution < 1.29 is 13.9 Å². The van der Waals surface area contributed by atoms with Gasteiger partial charge in [-0.15, -0.1) is 0 Å². The molecule has 2 aromatic carbocycles. The van der Waals surface area contributed by atoms with Crippen molar-refractivity contribution in [2.75, 3.05) is 11.9 Å². The molecule has 1 heterocycles. The number of nitrogens with zero attached hydrogens (tertiary/aromatic N) is 2. The average molecular weight is 392 g/mol. The van der Waals surface area contributed by atoms with Gasteiger partial charge in [-0.05, 0) is 55.0 Å². The maximum atomic E-state index is 13.5. The van der Waals surface area contributed by atoms with Gasteiger partial charge in [0, 0.05) is 18.0 Å². The molecule has 0 aliphatic rings. The van der Waals surface area contributed by atoms with E-state index in [0.717, 1.165) is 5.56 Å². The summed E-state index contributed by atoms with van der Waals surface area (Å²) in [6.45, 7) is 2.71. The van der Waals surface area contributed by atoms with Crippen molar-refractivity contribution in [3.8, 4) is 5.75 Å². The zero-order valence-electron chi connectivity index (χ0n) is 15.9. The molecule has 3 aromatic rings. The highest BCUT2D eigenvalue weighted by Gasteiger charge is 2.12. The first-order chi connectivity index (χ1) is 14.2. The van der Waals surface area contributed by atoms with Crippen LogP contribution in [0.15, 0.2) is 78.0 Å². The molecule has 29 heavy (non-hydrogen) atoms. The predicted octanol–water partition coefficient (Wildman–Crippen LogP) is 4.02. The summed E-state index contributed by atoms with van der Waals surface area (Å²) in [6.07, 6.45) is 3.35. The maximum absolute atomic E-state index is 13.5. The number of anilines is 1. The molecule has 7 heteroatoms. The Morgan fingerprint density at radius 1 is 1.10 bits per heavy atom. The van der Waals surface area contributed by atoms with E-state index in [2.05, 4.69) is 20.6 Å². The summed E-state index contributed by atoms with van der Waals surface area (Å²) in [4.78, 5) is 21.0. The second-order valence-electron chi connectivity index (χ2n) is 6.04. The number of amides is 1. The fourth-order valence-corrected chi connectivity index (χ4v) is 2.56. The van der Waals surface area contributed by atoms with Crippen LogP contribution in [0.2, 0.25) is 0 Å². The molecule has 0 spiro atoms. The van der Waals surface area contributed by atoms with Gasteiger partial charge in [0.05, 0.1) is 18.8 Å². The molecule has 0 bridgehead atoms. The topological polar surface area (TPSA) is 75.6 Å². The third-order valence-electron chi connectivity index (χ3n) is 3.93. The van der Waals surface area contributed by atoms with Crippen molar-refractivity contribution in [2.45, 2.75) is 13.5 Å². The Morgan fingerprint density at radius 2 is 1.90 bits per heavy atom. The van der Waals surface area contributed by atoms with Crippen LogP contribution in [0.4, 0.5) is 10.1 Å². The number of carbonyl (C=O) groups is 1. The second kappa shape index (κ2) is 9.98. The van der Waals surface area contributed by atoms with E-state index >= 15 is 0 Å². The monoisotopic (exact) mass is 392 g/mol. The molecule has 0 fully saturated rings. The largest absolute Gasteiger partial charge is 0.492 e. The van der Waals surface area contributed by atoms with Crippen LogP contribution >= 0.6 is 0 Å². The number of aromatic nitrogens is 1. The number of nitrogens with one attached hydrogen (secondary N) is 2. The number of guanidine groups is 1. The van der Waals surface area contributed by atoms with Crippen LogP contribution in [-0.4, -0.2) is 23.5 Å². The number of rotatable bonds is 6. The minimum absolute atomic E-state index is 0.196. The third kappa shape index (κ3) is 5.87. The van der Waals surface area contributed by atoms with Gasteiger partial charge >= 0.3 is 0 Å². The van der Waals surface area contributed by atoms with Gasteiger partial charge in [0.1, 0.15) is 11.6 Å². The van der Waals surface area contributed by atoms with Gasteiger partial charge in [0.15, 0.2) is 0 Å². The third-order valence-corrected chi connectivity index (χ3v) is 3.93. The first-order valence-electron chi connectivity index (χ1n) is 9.15. The van der Waals surface area contributed by atoms with Crippen molar-refractivity contribution in [3.05, 3.63) is 90.0 Å². The summed E-state index contributed by atoms with van der Waals surface area (Å²) in [5.74, 6) is -0.100. The molecule has 3 rings (SSSR count). The highest BCUT2D eigenvalue weighted by atomic mass is 19.1. The van der Waals surface area contributed by atoms with Crippen molar-refractivity contribution in [1.29, 1.82) is 0 Å². The Balaban J connectivity index is 1.84. The highest BCUT2D eigenvalue weighted by Crippen LogP contribution is 2.23. The molecule has 1 aromatic heterocycles. The van der Waals surface area contributed by atoms with Gasteiger partial charge in [-0.2, -0.15) is 0 Å². The predicted molar refractivity (Wildman–Crippen MR) is 110 cm³/mol. The van der Waals surface area contributed by atoms with E-state index in [9.17, 15) is 9.18 Å². The molecule has 148 valence electrons. The lowest BCUT2D eigenvalue weighted by Gasteiger charge is -2.15. The van der Waals surface area contributed by atoms with Crippen LogP contribution in [0.1, 0.15) is 22.8 Å². The van der Waals surface area contributed by atoms with Crippen LogP contribution in [0.25, 0.3) is 0 Å². The molecule has 0 atom stereocenters. The van der Waals surface area contributed by atoms with E-state index in [1.165, 1.54) is 24.3 Å². The molecule has 0 aliphatic heterocycles. The first kappa shape index (κ1) is 20.0. The van der Waals surface area contributed by atoms with E-state index in [4.69, 9.17) is 4.74 Å².